The van der Waals surface area contributed by atoms with Crippen LogP contribution in [-0.2, 0) is 11.2 Å². The number of benzene rings is 2. The molecule has 0 aliphatic rings. The molecule has 1 N–H and O–H groups in total. The van der Waals surface area contributed by atoms with Crippen LogP contribution in [-0.4, -0.2) is 11.1 Å². The molecule has 0 bridgehead atoms. The number of hydrogen-bond acceptors (Lipinski definition) is 1. The van der Waals surface area contributed by atoms with Crippen LogP contribution in [0.4, 0.5) is 0 Å². The van der Waals surface area contributed by atoms with Crippen LogP contribution in [0.15, 0.2) is 42.5 Å². The second kappa shape index (κ2) is 6.29. The standard InChI is InChI=1S/C16H14Cl2O2/c1-10-5-2-3-6-11(10)9-12(16(19)20)15-13(17)7-4-8-14(15)18/h2-8,12H,9H2,1H3,(H,19,20). The van der Waals surface area contributed by atoms with E-state index in [1.807, 2.05) is 31.2 Å². The highest BCUT2D eigenvalue weighted by atomic mass is 35.5. The molecule has 0 saturated heterocycles. The van der Waals surface area contributed by atoms with Gasteiger partial charge in [-0.25, -0.2) is 0 Å². The van der Waals surface area contributed by atoms with Crippen molar-refractivity contribution in [3.8, 4) is 0 Å². The third-order valence-corrected chi connectivity index (χ3v) is 3.99. The first kappa shape index (κ1) is 14.9. The van der Waals surface area contributed by atoms with Crippen molar-refractivity contribution >= 4 is 29.2 Å². The Hall–Kier alpha value is -1.51. The largest absolute Gasteiger partial charge is 0.481 e. The minimum Gasteiger partial charge on any atom is -0.481 e. The lowest BCUT2D eigenvalue weighted by Crippen LogP contribution is -2.16. The van der Waals surface area contributed by atoms with Crippen LogP contribution in [0, 0.1) is 6.92 Å². The van der Waals surface area contributed by atoms with E-state index in [9.17, 15) is 9.90 Å². The summed E-state index contributed by atoms with van der Waals surface area (Å²) in [4.78, 5) is 11.6. The molecule has 1 atom stereocenters. The van der Waals surface area contributed by atoms with Gasteiger partial charge in [-0.05, 0) is 36.6 Å². The van der Waals surface area contributed by atoms with Crippen LogP contribution < -0.4 is 0 Å². The van der Waals surface area contributed by atoms with Crippen LogP contribution in [0.3, 0.4) is 0 Å². The smallest absolute Gasteiger partial charge is 0.311 e. The van der Waals surface area contributed by atoms with Gasteiger partial charge >= 0.3 is 5.97 Å². The Morgan fingerprint density at radius 1 is 1.10 bits per heavy atom. The summed E-state index contributed by atoms with van der Waals surface area (Å²) in [5.74, 6) is -1.68. The van der Waals surface area contributed by atoms with E-state index in [2.05, 4.69) is 0 Å². The van der Waals surface area contributed by atoms with E-state index in [0.29, 0.717) is 22.0 Å². The molecule has 2 rings (SSSR count). The molecule has 2 aromatic rings. The predicted octanol–water partition coefficient (Wildman–Crippen LogP) is 4.71. The van der Waals surface area contributed by atoms with Gasteiger partial charge in [-0.15, -0.1) is 0 Å². The molecular weight excluding hydrogens is 295 g/mol. The lowest BCUT2D eigenvalue weighted by Gasteiger charge is -2.17. The molecule has 0 aliphatic carbocycles. The minimum atomic E-state index is -0.928. The molecule has 2 aromatic carbocycles. The van der Waals surface area contributed by atoms with Crippen LogP contribution in [0.5, 0.6) is 0 Å². The molecule has 0 radical (unpaired) electrons. The zero-order valence-electron chi connectivity index (χ0n) is 10.9. The van der Waals surface area contributed by atoms with Gasteiger partial charge in [0.2, 0.25) is 0 Å². The fourth-order valence-electron chi connectivity index (χ4n) is 2.22. The summed E-state index contributed by atoms with van der Waals surface area (Å²) in [6.45, 7) is 1.96. The Morgan fingerprint density at radius 2 is 1.70 bits per heavy atom. The van der Waals surface area contributed by atoms with Gasteiger partial charge in [0.1, 0.15) is 0 Å². The van der Waals surface area contributed by atoms with Crippen LogP contribution in [0.2, 0.25) is 10.0 Å². The highest BCUT2D eigenvalue weighted by Crippen LogP contribution is 2.34. The zero-order valence-corrected chi connectivity index (χ0v) is 12.4. The molecule has 20 heavy (non-hydrogen) atoms. The highest BCUT2D eigenvalue weighted by Gasteiger charge is 2.25. The lowest BCUT2D eigenvalue weighted by molar-refractivity contribution is -0.138. The second-order valence-electron chi connectivity index (χ2n) is 4.66. The first-order chi connectivity index (χ1) is 9.50. The maximum Gasteiger partial charge on any atom is 0.311 e. The fraction of sp³-hybridized carbons (Fsp3) is 0.188. The predicted molar refractivity (Wildman–Crippen MR) is 81.7 cm³/mol. The third kappa shape index (κ3) is 3.14. The van der Waals surface area contributed by atoms with Crippen LogP contribution in [0.25, 0.3) is 0 Å². The Labute approximate surface area is 128 Å². The number of hydrogen-bond donors (Lipinski definition) is 1. The molecule has 1 unspecified atom stereocenters. The number of halogens is 2. The summed E-state index contributed by atoms with van der Waals surface area (Å²) in [5, 5.41) is 10.3. The summed E-state index contributed by atoms with van der Waals surface area (Å²) in [5.41, 5.74) is 2.52. The second-order valence-corrected chi connectivity index (χ2v) is 5.47. The molecule has 0 aromatic heterocycles. The molecule has 0 aliphatic heterocycles. The summed E-state index contributed by atoms with van der Waals surface area (Å²) in [6, 6.07) is 12.7. The number of rotatable bonds is 4. The van der Waals surface area contributed by atoms with Crippen LogP contribution in [0.1, 0.15) is 22.6 Å². The van der Waals surface area contributed by atoms with Crippen molar-refractivity contribution in [1.82, 2.24) is 0 Å². The number of carboxylic acids is 1. The van der Waals surface area contributed by atoms with E-state index >= 15 is 0 Å². The molecule has 0 fully saturated rings. The number of carbonyl (C=O) groups is 1. The quantitative estimate of drug-likeness (QED) is 0.888. The lowest BCUT2D eigenvalue weighted by atomic mass is 9.90. The average molecular weight is 309 g/mol. The minimum absolute atomic E-state index is 0.367. The molecule has 4 heteroatoms. The monoisotopic (exact) mass is 308 g/mol. The summed E-state index contributed by atoms with van der Waals surface area (Å²) in [7, 11) is 0. The SMILES string of the molecule is Cc1ccccc1CC(C(=O)O)c1c(Cl)cccc1Cl. The van der Waals surface area contributed by atoms with E-state index in [-0.39, 0.29) is 0 Å². The normalized spacial score (nSPS) is 12.2. The molecule has 0 spiro atoms. The molecular formula is C16H14Cl2O2. The molecule has 0 saturated carbocycles. The summed E-state index contributed by atoms with van der Waals surface area (Å²) >= 11 is 12.3. The van der Waals surface area contributed by atoms with Gasteiger partial charge in [0.15, 0.2) is 0 Å². The first-order valence-electron chi connectivity index (χ1n) is 6.22. The first-order valence-corrected chi connectivity index (χ1v) is 6.97. The Kier molecular flexibility index (Phi) is 4.69. The third-order valence-electron chi connectivity index (χ3n) is 3.33. The zero-order chi connectivity index (χ0) is 14.7. The van der Waals surface area contributed by atoms with Gasteiger partial charge < -0.3 is 5.11 Å². The van der Waals surface area contributed by atoms with Crippen LogP contribution >= 0.6 is 23.2 Å². The summed E-state index contributed by atoms with van der Waals surface area (Å²) < 4.78 is 0. The number of aryl methyl sites for hydroxylation is 1. The van der Waals surface area contributed by atoms with E-state index in [0.717, 1.165) is 11.1 Å². The van der Waals surface area contributed by atoms with Gasteiger partial charge in [0.25, 0.3) is 0 Å². The van der Waals surface area contributed by atoms with E-state index in [4.69, 9.17) is 23.2 Å². The maximum absolute atomic E-state index is 11.6. The van der Waals surface area contributed by atoms with Crippen molar-refractivity contribution in [3.63, 3.8) is 0 Å². The molecule has 0 amide bonds. The topological polar surface area (TPSA) is 37.3 Å². The van der Waals surface area contributed by atoms with Crippen molar-refractivity contribution in [3.05, 3.63) is 69.2 Å². The van der Waals surface area contributed by atoms with Crippen molar-refractivity contribution in [2.24, 2.45) is 0 Å². The Morgan fingerprint density at radius 3 is 2.25 bits per heavy atom. The van der Waals surface area contributed by atoms with Crippen molar-refractivity contribution < 1.29 is 9.90 Å². The molecule has 104 valence electrons. The van der Waals surface area contributed by atoms with Gasteiger partial charge in [0, 0.05) is 15.6 Å². The summed E-state index contributed by atoms with van der Waals surface area (Å²) in [6.07, 6.45) is 0.367. The van der Waals surface area contributed by atoms with Crippen molar-refractivity contribution in [2.45, 2.75) is 19.3 Å². The van der Waals surface area contributed by atoms with Crippen molar-refractivity contribution in [1.29, 1.82) is 0 Å². The van der Waals surface area contributed by atoms with E-state index in [1.165, 1.54) is 0 Å². The molecule has 2 nitrogen and oxygen atoms in total. The average Bonchev–Trinajstić information content (AvgIpc) is 2.39. The van der Waals surface area contributed by atoms with Gasteiger partial charge in [-0.3, -0.25) is 4.79 Å². The number of carboxylic acid groups (broad SMARTS) is 1. The van der Waals surface area contributed by atoms with E-state index in [1.54, 1.807) is 18.2 Å². The number of aliphatic carboxylic acids is 1. The van der Waals surface area contributed by atoms with E-state index < -0.39 is 11.9 Å². The highest BCUT2D eigenvalue weighted by molar-refractivity contribution is 6.36. The van der Waals surface area contributed by atoms with Gasteiger partial charge in [-0.1, -0.05) is 53.5 Å². The van der Waals surface area contributed by atoms with Gasteiger partial charge in [-0.2, -0.15) is 0 Å². The molecule has 0 heterocycles. The Bertz CT molecular complexity index is 618. The van der Waals surface area contributed by atoms with Crippen molar-refractivity contribution in [2.75, 3.05) is 0 Å². The Balaban J connectivity index is 2.43. The van der Waals surface area contributed by atoms with Gasteiger partial charge in [0.05, 0.1) is 5.92 Å². The fourth-order valence-corrected chi connectivity index (χ4v) is 2.88. The maximum atomic E-state index is 11.6.